The van der Waals surface area contributed by atoms with Crippen LogP contribution in [0.25, 0.3) is 6.08 Å². The molecular formula is C15H20N4. The molecular weight excluding hydrogens is 236 g/mol. The molecule has 2 aromatic carbocycles. The quantitative estimate of drug-likeness (QED) is 0.661. The summed E-state index contributed by atoms with van der Waals surface area (Å²) in [7, 11) is 0. The Hall–Kier alpha value is -2.43. The van der Waals surface area contributed by atoms with Crippen molar-refractivity contribution < 1.29 is 0 Å². The van der Waals surface area contributed by atoms with Crippen LogP contribution in [0.4, 0.5) is 5.69 Å². The molecule has 0 aliphatic carbocycles. The van der Waals surface area contributed by atoms with Gasteiger partial charge in [-0.05, 0) is 17.7 Å². The Bertz CT molecular complexity index is 480. The Morgan fingerprint density at radius 1 is 0.737 bits per heavy atom. The Balaban J connectivity index is 0.000000353. The maximum absolute atomic E-state index is 3.95. The van der Waals surface area contributed by atoms with Crippen LogP contribution in [-0.4, -0.2) is 6.21 Å². The zero-order valence-electron chi connectivity index (χ0n) is 10.9. The van der Waals surface area contributed by atoms with Gasteiger partial charge in [-0.25, -0.2) is 0 Å². The maximum atomic E-state index is 3.95. The number of hydrazone groups is 1. The molecule has 0 aromatic heterocycles. The van der Waals surface area contributed by atoms with Crippen LogP contribution in [0.1, 0.15) is 5.56 Å². The Morgan fingerprint density at radius 2 is 1.32 bits per heavy atom. The molecule has 0 fully saturated rings. The van der Waals surface area contributed by atoms with Crippen LogP contribution in [-0.2, 0) is 0 Å². The van der Waals surface area contributed by atoms with Crippen molar-refractivity contribution in [2.75, 3.05) is 5.43 Å². The zero-order chi connectivity index (χ0) is 11.8. The van der Waals surface area contributed by atoms with Crippen LogP contribution in [0, 0.1) is 0 Å². The normalized spacial score (nSPS) is 10.3. The number of hydrogen-bond donors (Lipinski definition) is 3. The molecule has 0 saturated carbocycles. The summed E-state index contributed by atoms with van der Waals surface area (Å²) in [6, 6.07) is 20.0. The van der Waals surface area contributed by atoms with Crippen LogP contribution >= 0.6 is 0 Å². The van der Waals surface area contributed by atoms with Gasteiger partial charge >= 0.3 is 0 Å². The summed E-state index contributed by atoms with van der Waals surface area (Å²) in [5.41, 5.74) is 5.16. The molecule has 0 bridgehead atoms. The number of rotatable bonds is 0. The molecule has 0 amide bonds. The fourth-order valence-electron chi connectivity index (χ4n) is 1.43. The SMILES string of the molecule is C1=Cc2ccccc2NN=C1.N.N.c1ccccc1. The summed E-state index contributed by atoms with van der Waals surface area (Å²) in [5, 5.41) is 3.95. The first kappa shape index (κ1) is 16.6. The summed E-state index contributed by atoms with van der Waals surface area (Å²) in [4.78, 5) is 0. The molecule has 19 heavy (non-hydrogen) atoms. The molecule has 100 valence electrons. The minimum absolute atomic E-state index is 0. The minimum atomic E-state index is 0. The number of nitrogens with zero attached hydrogens (tertiary/aromatic N) is 1. The van der Waals surface area contributed by atoms with E-state index in [9.17, 15) is 0 Å². The van der Waals surface area contributed by atoms with Gasteiger partial charge in [0.2, 0.25) is 0 Å². The Morgan fingerprint density at radius 3 is 1.95 bits per heavy atom. The predicted octanol–water partition coefficient (Wildman–Crippen LogP) is 4.12. The van der Waals surface area contributed by atoms with Crippen LogP contribution < -0.4 is 17.7 Å². The average Bonchev–Trinajstić information content (AvgIpc) is 2.66. The fourth-order valence-corrected chi connectivity index (χ4v) is 1.43. The van der Waals surface area contributed by atoms with E-state index in [0.29, 0.717) is 0 Å². The lowest BCUT2D eigenvalue weighted by Gasteiger charge is -2.00. The third-order valence-corrected chi connectivity index (χ3v) is 2.25. The summed E-state index contributed by atoms with van der Waals surface area (Å²) in [6.07, 6.45) is 5.68. The fraction of sp³-hybridized carbons (Fsp3) is 0. The van der Waals surface area contributed by atoms with E-state index in [1.807, 2.05) is 72.8 Å². The first-order valence-corrected chi connectivity index (χ1v) is 5.51. The van der Waals surface area contributed by atoms with Crippen molar-refractivity contribution in [2.45, 2.75) is 0 Å². The van der Waals surface area contributed by atoms with Crippen molar-refractivity contribution in [1.29, 1.82) is 0 Å². The van der Waals surface area contributed by atoms with E-state index in [-0.39, 0.29) is 12.3 Å². The van der Waals surface area contributed by atoms with Crippen molar-refractivity contribution in [2.24, 2.45) is 5.10 Å². The van der Waals surface area contributed by atoms with E-state index in [1.165, 1.54) is 5.56 Å². The molecule has 0 atom stereocenters. The van der Waals surface area contributed by atoms with E-state index in [2.05, 4.69) is 10.5 Å². The highest BCUT2D eigenvalue weighted by atomic mass is 15.3. The monoisotopic (exact) mass is 256 g/mol. The van der Waals surface area contributed by atoms with Crippen molar-refractivity contribution in [3.63, 3.8) is 0 Å². The predicted molar refractivity (Wildman–Crippen MR) is 84.1 cm³/mol. The van der Waals surface area contributed by atoms with Gasteiger partial charge in [0.15, 0.2) is 0 Å². The number of para-hydroxylation sites is 1. The van der Waals surface area contributed by atoms with Crippen molar-refractivity contribution in [3.8, 4) is 0 Å². The Kier molecular flexibility index (Phi) is 8.36. The second kappa shape index (κ2) is 9.58. The molecule has 1 aliphatic rings. The van der Waals surface area contributed by atoms with Gasteiger partial charge in [0.25, 0.3) is 0 Å². The molecule has 0 saturated heterocycles. The standard InChI is InChI=1S/C9H8N2.C6H6.2H3N/c1-2-6-9-8(4-1)5-3-7-10-11-9;1-2-4-6-5-3-1;;/h1-7,11H;1-6H;2*1H3. The van der Waals surface area contributed by atoms with Gasteiger partial charge in [-0.2, -0.15) is 5.10 Å². The van der Waals surface area contributed by atoms with Crippen molar-refractivity contribution >= 4 is 18.0 Å². The van der Waals surface area contributed by atoms with Crippen molar-refractivity contribution in [1.82, 2.24) is 12.3 Å². The zero-order valence-corrected chi connectivity index (χ0v) is 10.9. The second-order valence-corrected chi connectivity index (χ2v) is 3.49. The molecule has 2 aromatic rings. The van der Waals surface area contributed by atoms with E-state index in [0.717, 1.165) is 5.69 Å². The van der Waals surface area contributed by atoms with Gasteiger partial charge in [-0.3, -0.25) is 5.43 Å². The summed E-state index contributed by atoms with van der Waals surface area (Å²) < 4.78 is 0. The molecule has 7 N–H and O–H groups in total. The van der Waals surface area contributed by atoms with Gasteiger partial charge in [0.1, 0.15) is 0 Å². The molecule has 0 spiro atoms. The van der Waals surface area contributed by atoms with Gasteiger partial charge in [-0.1, -0.05) is 60.7 Å². The topological polar surface area (TPSA) is 94.4 Å². The smallest absolute Gasteiger partial charge is 0.0634 e. The van der Waals surface area contributed by atoms with E-state index in [1.54, 1.807) is 6.21 Å². The molecule has 4 nitrogen and oxygen atoms in total. The third kappa shape index (κ3) is 5.63. The molecule has 1 aliphatic heterocycles. The van der Waals surface area contributed by atoms with Gasteiger partial charge in [0.05, 0.1) is 5.69 Å². The summed E-state index contributed by atoms with van der Waals surface area (Å²) in [6.45, 7) is 0. The highest BCUT2D eigenvalue weighted by molar-refractivity contribution is 5.83. The van der Waals surface area contributed by atoms with Gasteiger partial charge in [-0.15, -0.1) is 0 Å². The van der Waals surface area contributed by atoms with Gasteiger partial charge < -0.3 is 12.3 Å². The lowest BCUT2D eigenvalue weighted by Crippen LogP contribution is -1.87. The molecule has 4 heteroatoms. The van der Waals surface area contributed by atoms with Crippen LogP contribution in [0.15, 0.2) is 71.8 Å². The number of allylic oxidation sites excluding steroid dienone is 1. The lowest BCUT2D eigenvalue weighted by molar-refractivity contribution is 1.36. The number of nitrogens with one attached hydrogen (secondary N) is 1. The van der Waals surface area contributed by atoms with Gasteiger partial charge in [0, 0.05) is 6.21 Å². The number of fused-ring (bicyclic) bond motifs is 1. The van der Waals surface area contributed by atoms with E-state index >= 15 is 0 Å². The van der Waals surface area contributed by atoms with E-state index in [4.69, 9.17) is 0 Å². The minimum Gasteiger partial charge on any atom is -0.344 e. The lowest BCUT2D eigenvalue weighted by atomic mass is 10.2. The number of anilines is 1. The largest absolute Gasteiger partial charge is 0.344 e. The highest BCUT2D eigenvalue weighted by Crippen LogP contribution is 2.17. The van der Waals surface area contributed by atoms with Crippen molar-refractivity contribution in [3.05, 3.63) is 72.3 Å². The average molecular weight is 256 g/mol. The van der Waals surface area contributed by atoms with E-state index < -0.39 is 0 Å². The molecule has 0 unspecified atom stereocenters. The van der Waals surface area contributed by atoms with Crippen LogP contribution in [0.3, 0.4) is 0 Å². The molecule has 1 heterocycles. The number of benzene rings is 2. The second-order valence-electron chi connectivity index (χ2n) is 3.49. The maximum Gasteiger partial charge on any atom is 0.0634 e. The summed E-state index contributed by atoms with van der Waals surface area (Å²) in [5.74, 6) is 0. The Labute approximate surface area is 114 Å². The first-order valence-electron chi connectivity index (χ1n) is 5.51. The summed E-state index contributed by atoms with van der Waals surface area (Å²) >= 11 is 0. The van der Waals surface area contributed by atoms with Crippen LogP contribution in [0.2, 0.25) is 0 Å². The first-order chi connectivity index (χ1) is 8.47. The number of hydrogen-bond acceptors (Lipinski definition) is 4. The highest BCUT2D eigenvalue weighted by Gasteiger charge is 1.96. The third-order valence-electron chi connectivity index (χ3n) is 2.25. The molecule has 0 radical (unpaired) electrons. The molecule has 3 rings (SSSR count). The van der Waals surface area contributed by atoms with Crippen LogP contribution in [0.5, 0.6) is 0 Å².